The van der Waals surface area contributed by atoms with Crippen molar-refractivity contribution in [2.24, 2.45) is 5.73 Å². The van der Waals surface area contributed by atoms with Crippen molar-refractivity contribution in [1.29, 1.82) is 0 Å². The van der Waals surface area contributed by atoms with Crippen molar-refractivity contribution in [3.63, 3.8) is 0 Å². The first-order valence-corrected chi connectivity index (χ1v) is 7.46. The molecule has 0 aromatic heterocycles. The van der Waals surface area contributed by atoms with Crippen molar-refractivity contribution in [3.8, 4) is 0 Å². The van der Waals surface area contributed by atoms with Crippen LogP contribution in [-0.4, -0.2) is 6.54 Å². The van der Waals surface area contributed by atoms with E-state index in [1.807, 2.05) is 24.3 Å². The Morgan fingerprint density at radius 3 is 2.55 bits per heavy atom. The predicted molar refractivity (Wildman–Crippen MR) is 85.3 cm³/mol. The van der Waals surface area contributed by atoms with Gasteiger partial charge in [-0.05, 0) is 54.2 Å². The second-order valence-corrected chi connectivity index (χ2v) is 5.82. The van der Waals surface area contributed by atoms with Gasteiger partial charge in [-0.1, -0.05) is 35.9 Å². The zero-order chi connectivity index (χ0) is 13.9. The molecule has 1 fully saturated rings. The van der Waals surface area contributed by atoms with Crippen molar-refractivity contribution in [3.05, 3.63) is 64.7 Å². The molecule has 1 saturated carbocycles. The van der Waals surface area contributed by atoms with Crippen LogP contribution in [0.4, 0.5) is 5.69 Å². The highest BCUT2D eigenvalue weighted by molar-refractivity contribution is 6.30. The van der Waals surface area contributed by atoms with Crippen molar-refractivity contribution in [1.82, 2.24) is 0 Å². The first kappa shape index (κ1) is 13.5. The van der Waals surface area contributed by atoms with Crippen LogP contribution in [0.5, 0.6) is 0 Å². The molecule has 1 unspecified atom stereocenters. The van der Waals surface area contributed by atoms with Gasteiger partial charge in [0.15, 0.2) is 0 Å². The van der Waals surface area contributed by atoms with Gasteiger partial charge in [0.1, 0.15) is 0 Å². The molecule has 1 atom stereocenters. The first-order chi connectivity index (χ1) is 9.76. The molecule has 0 spiro atoms. The zero-order valence-electron chi connectivity index (χ0n) is 11.4. The number of nitrogens with two attached hydrogens (primary N) is 1. The first-order valence-electron chi connectivity index (χ1n) is 7.08. The van der Waals surface area contributed by atoms with Crippen LogP contribution >= 0.6 is 11.6 Å². The molecule has 1 aliphatic carbocycles. The maximum absolute atomic E-state index is 5.94. The van der Waals surface area contributed by atoms with Crippen LogP contribution in [0.3, 0.4) is 0 Å². The number of benzene rings is 2. The molecule has 0 amide bonds. The lowest BCUT2D eigenvalue weighted by molar-refractivity contribution is 0.788. The third-order valence-corrected chi connectivity index (χ3v) is 4.03. The van der Waals surface area contributed by atoms with Crippen molar-refractivity contribution in [2.75, 3.05) is 11.9 Å². The molecule has 2 nitrogen and oxygen atoms in total. The Morgan fingerprint density at radius 1 is 1.15 bits per heavy atom. The summed E-state index contributed by atoms with van der Waals surface area (Å²) < 4.78 is 0. The van der Waals surface area contributed by atoms with E-state index < -0.39 is 0 Å². The molecular formula is C17H19ClN2. The molecule has 2 aromatic carbocycles. The summed E-state index contributed by atoms with van der Waals surface area (Å²) in [4.78, 5) is 0. The lowest BCUT2D eigenvalue weighted by atomic mass is 10.0. The Morgan fingerprint density at radius 2 is 1.90 bits per heavy atom. The van der Waals surface area contributed by atoms with E-state index in [0.717, 1.165) is 16.6 Å². The molecule has 0 radical (unpaired) electrons. The summed E-state index contributed by atoms with van der Waals surface area (Å²) in [7, 11) is 0. The number of halogens is 1. The van der Waals surface area contributed by atoms with E-state index in [1.165, 1.54) is 24.0 Å². The largest absolute Gasteiger partial charge is 0.377 e. The van der Waals surface area contributed by atoms with Crippen LogP contribution in [0.15, 0.2) is 48.5 Å². The molecule has 104 valence electrons. The third-order valence-electron chi connectivity index (χ3n) is 3.78. The average molecular weight is 287 g/mol. The van der Waals surface area contributed by atoms with E-state index in [-0.39, 0.29) is 6.04 Å². The minimum Gasteiger partial charge on any atom is -0.377 e. The van der Waals surface area contributed by atoms with Crippen molar-refractivity contribution in [2.45, 2.75) is 24.8 Å². The molecule has 3 heteroatoms. The van der Waals surface area contributed by atoms with Crippen molar-refractivity contribution < 1.29 is 0 Å². The van der Waals surface area contributed by atoms with E-state index in [0.29, 0.717) is 6.54 Å². The fourth-order valence-electron chi connectivity index (χ4n) is 2.47. The number of hydrogen-bond acceptors (Lipinski definition) is 2. The normalized spacial score (nSPS) is 15.9. The molecule has 20 heavy (non-hydrogen) atoms. The van der Waals surface area contributed by atoms with Crippen LogP contribution in [0.2, 0.25) is 5.02 Å². The fraction of sp³-hybridized carbons (Fsp3) is 0.294. The van der Waals surface area contributed by atoms with Gasteiger partial charge in [-0.25, -0.2) is 0 Å². The summed E-state index contributed by atoms with van der Waals surface area (Å²) in [6, 6.07) is 16.7. The van der Waals surface area contributed by atoms with Crippen LogP contribution < -0.4 is 11.1 Å². The monoisotopic (exact) mass is 286 g/mol. The molecule has 2 aromatic rings. The Kier molecular flexibility index (Phi) is 3.95. The summed E-state index contributed by atoms with van der Waals surface area (Å²) >= 11 is 5.91. The highest BCUT2D eigenvalue weighted by Gasteiger charge is 2.24. The molecule has 0 heterocycles. The lowest BCUT2D eigenvalue weighted by Gasteiger charge is -2.19. The van der Waals surface area contributed by atoms with E-state index in [9.17, 15) is 0 Å². The smallest absolute Gasteiger partial charge is 0.0636 e. The van der Waals surface area contributed by atoms with Gasteiger partial charge in [-0.2, -0.15) is 0 Å². The Balaban J connectivity index is 1.78. The average Bonchev–Trinajstić information content (AvgIpc) is 3.31. The van der Waals surface area contributed by atoms with Gasteiger partial charge < -0.3 is 11.1 Å². The lowest BCUT2D eigenvalue weighted by Crippen LogP contribution is -2.20. The van der Waals surface area contributed by atoms with E-state index in [2.05, 4.69) is 29.6 Å². The summed E-state index contributed by atoms with van der Waals surface area (Å²) in [5, 5.41) is 4.22. The summed E-state index contributed by atoms with van der Waals surface area (Å²) in [5.41, 5.74) is 9.68. The third kappa shape index (κ3) is 3.14. The maximum Gasteiger partial charge on any atom is 0.0636 e. The van der Waals surface area contributed by atoms with E-state index >= 15 is 0 Å². The van der Waals surface area contributed by atoms with Crippen molar-refractivity contribution >= 4 is 17.3 Å². The number of rotatable bonds is 5. The van der Waals surface area contributed by atoms with Gasteiger partial charge in [-0.15, -0.1) is 0 Å². The van der Waals surface area contributed by atoms with Gasteiger partial charge in [0, 0.05) is 17.3 Å². The van der Waals surface area contributed by atoms with Crippen LogP contribution in [0.1, 0.15) is 35.9 Å². The number of anilines is 1. The standard InChI is InChI=1S/C17H19ClN2/c18-15-6-8-16(9-7-15)20-17(11-19)14-3-1-2-13(10-14)12-4-5-12/h1-3,6-10,12,17,20H,4-5,11,19H2. The second kappa shape index (κ2) is 5.86. The maximum atomic E-state index is 5.94. The van der Waals surface area contributed by atoms with Gasteiger partial charge in [0.2, 0.25) is 0 Å². The minimum atomic E-state index is 0.134. The van der Waals surface area contributed by atoms with Crippen LogP contribution in [0.25, 0.3) is 0 Å². The van der Waals surface area contributed by atoms with Crippen LogP contribution in [0, 0.1) is 0 Å². The van der Waals surface area contributed by atoms with Gasteiger partial charge in [0.25, 0.3) is 0 Å². The van der Waals surface area contributed by atoms with Gasteiger partial charge in [-0.3, -0.25) is 0 Å². The number of nitrogens with one attached hydrogen (secondary N) is 1. The molecule has 0 saturated heterocycles. The minimum absolute atomic E-state index is 0.134. The van der Waals surface area contributed by atoms with Crippen LogP contribution in [-0.2, 0) is 0 Å². The molecule has 3 rings (SSSR count). The zero-order valence-corrected chi connectivity index (χ0v) is 12.1. The number of hydrogen-bond donors (Lipinski definition) is 2. The summed E-state index contributed by atoms with van der Waals surface area (Å²) in [6.07, 6.45) is 2.64. The molecule has 1 aliphatic rings. The highest BCUT2D eigenvalue weighted by Crippen LogP contribution is 2.40. The second-order valence-electron chi connectivity index (χ2n) is 5.38. The molecule has 0 bridgehead atoms. The summed E-state index contributed by atoms with van der Waals surface area (Å²) in [6.45, 7) is 0.566. The Labute approximate surface area is 125 Å². The topological polar surface area (TPSA) is 38.0 Å². The Hall–Kier alpha value is -1.51. The molecule has 0 aliphatic heterocycles. The highest BCUT2D eigenvalue weighted by atomic mass is 35.5. The van der Waals surface area contributed by atoms with E-state index in [1.54, 1.807) is 0 Å². The molecular weight excluding hydrogens is 268 g/mol. The predicted octanol–water partition coefficient (Wildman–Crippen LogP) is 4.33. The quantitative estimate of drug-likeness (QED) is 0.858. The van der Waals surface area contributed by atoms with E-state index in [4.69, 9.17) is 17.3 Å². The fourth-order valence-corrected chi connectivity index (χ4v) is 2.60. The van der Waals surface area contributed by atoms with Gasteiger partial charge >= 0.3 is 0 Å². The SMILES string of the molecule is NCC(Nc1ccc(Cl)cc1)c1cccc(C2CC2)c1. The Bertz CT molecular complexity index is 576. The molecule has 3 N–H and O–H groups in total. The summed E-state index contributed by atoms with van der Waals surface area (Å²) in [5.74, 6) is 0.768. The van der Waals surface area contributed by atoms with Gasteiger partial charge in [0.05, 0.1) is 6.04 Å².